The van der Waals surface area contributed by atoms with E-state index in [0.29, 0.717) is 6.04 Å². The fraction of sp³-hybridized carbons (Fsp3) is 0.600. The van der Waals surface area contributed by atoms with Gasteiger partial charge >= 0.3 is 0 Å². The van der Waals surface area contributed by atoms with Crippen LogP contribution in [0.2, 0.25) is 0 Å². The van der Waals surface area contributed by atoms with E-state index in [2.05, 4.69) is 31.0 Å². The van der Waals surface area contributed by atoms with Crippen molar-refractivity contribution in [3.63, 3.8) is 0 Å². The Morgan fingerprint density at radius 3 is 2.47 bits per heavy atom. The standard InChI is InChI=1S/C15H24N2/c1-3-12-6-4-5-7-15(12)17(2)14-10-8-13(16)9-11-14/h8-12,15H,3-7,16H2,1-2H3. The molecule has 0 amide bonds. The third-order valence-electron chi connectivity index (χ3n) is 4.19. The zero-order chi connectivity index (χ0) is 12.3. The van der Waals surface area contributed by atoms with Gasteiger partial charge in [-0.15, -0.1) is 0 Å². The summed E-state index contributed by atoms with van der Waals surface area (Å²) in [4.78, 5) is 2.45. The van der Waals surface area contributed by atoms with Gasteiger partial charge in [0.25, 0.3) is 0 Å². The predicted molar refractivity (Wildman–Crippen MR) is 75.3 cm³/mol. The molecule has 94 valence electrons. The molecule has 0 bridgehead atoms. The normalized spacial score (nSPS) is 24.6. The molecule has 1 saturated carbocycles. The molecule has 1 fully saturated rings. The number of nitrogens with two attached hydrogens (primary N) is 1. The Morgan fingerprint density at radius 1 is 1.18 bits per heavy atom. The molecule has 2 unspecified atom stereocenters. The van der Waals surface area contributed by atoms with E-state index < -0.39 is 0 Å². The van der Waals surface area contributed by atoms with Crippen molar-refractivity contribution in [1.82, 2.24) is 0 Å². The topological polar surface area (TPSA) is 29.3 Å². The summed E-state index contributed by atoms with van der Waals surface area (Å²) < 4.78 is 0. The first kappa shape index (κ1) is 12.3. The second-order valence-corrected chi connectivity index (χ2v) is 5.22. The molecule has 0 radical (unpaired) electrons. The molecule has 2 rings (SSSR count). The number of nitrogens with zero attached hydrogens (tertiary/aromatic N) is 1. The Morgan fingerprint density at radius 2 is 1.82 bits per heavy atom. The van der Waals surface area contributed by atoms with Crippen LogP contribution in [0.4, 0.5) is 11.4 Å². The summed E-state index contributed by atoms with van der Waals surface area (Å²) in [5, 5.41) is 0. The van der Waals surface area contributed by atoms with Gasteiger partial charge in [0.2, 0.25) is 0 Å². The van der Waals surface area contributed by atoms with Crippen molar-refractivity contribution in [1.29, 1.82) is 0 Å². The molecule has 0 aliphatic heterocycles. The van der Waals surface area contributed by atoms with Crippen molar-refractivity contribution >= 4 is 11.4 Å². The first-order valence-corrected chi connectivity index (χ1v) is 6.80. The van der Waals surface area contributed by atoms with Gasteiger partial charge in [-0.1, -0.05) is 26.2 Å². The monoisotopic (exact) mass is 232 g/mol. The Bertz CT molecular complexity index is 344. The van der Waals surface area contributed by atoms with Crippen molar-refractivity contribution in [2.45, 2.75) is 45.1 Å². The van der Waals surface area contributed by atoms with E-state index in [-0.39, 0.29) is 0 Å². The second-order valence-electron chi connectivity index (χ2n) is 5.22. The lowest BCUT2D eigenvalue weighted by atomic mass is 9.82. The van der Waals surface area contributed by atoms with Crippen LogP contribution in [-0.2, 0) is 0 Å². The third-order valence-corrected chi connectivity index (χ3v) is 4.19. The molecule has 0 saturated heterocycles. The van der Waals surface area contributed by atoms with E-state index in [1.54, 1.807) is 0 Å². The average molecular weight is 232 g/mol. The van der Waals surface area contributed by atoms with Crippen molar-refractivity contribution in [3.05, 3.63) is 24.3 Å². The quantitative estimate of drug-likeness (QED) is 0.806. The second kappa shape index (κ2) is 5.44. The maximum absolute atomic E-state index is 5.74. The molecule has 2 atom stereocenters. The van der Waals surface area contributed by atoms with Crippen LogP contribution in [0.1, 0.15) is 39.0 Å². The van der Waals surface area contributed by atoms with Gasteiger partial charge < -0.3 is 10.6 Å². The van der Waals surface area contributed by atoms with Gasteiger partial charge in [0.1, 0.15) is 0 Å². The molecule has 2 N–H and O–H groups in total. The van der Waals surface area contributed by atoms with Gasteiger partial charge in [-0.2, -0.15) is 0 Å². The minimum atomic E-state index is 0.706. The van der Waals surface area contributed by atoms with Crippen molar-refractivity contribution in [2.24, 2.45) is 5.92 Å². The van der Waals surface area contributed by atoms with Gasteiger partial charge in [-0.3, -0.25) is 0 Å². The average Bonchev–Trinajstić information content (AvgIpc) is 2.39. The SMILES string of the molecule is CCC1CCCCC1N(C)c1ccc(N)cc1. The van der Waals surface area contributed by atoms with Crippen LogP contribution in [0.25, 0.3) is 0 Å². The maximum Gasteiger partial charge on any atom is 0.0367 e. The predicted octanol–water partition coefficient (Wildman–Crippen LogP) is 3.67. The highest BCUT2D eigenvalue weighted by atomic mass is 15.1. The molecule has 2 heteroatoms. The van der Waals surface area contributed by atoms with E-state index in [4.69, 9.17) is 5.73 Å². The lowest BCUT2D eigenvalue weighted by molar-refractivity contribution is 0.292. The molecule has 1 aromatic carbocycles. The lowest BCUT2D eigenvalue weighted by Crippen LogP contribution is -2.39. The molecule has 1 aliphatic rings. The third kappa shape index (κ3) is 2.74. The number of nitrogen functional groups attached to an aromatic ring is 1. The van der Waals surface area contributed by atoms with Crippen LogP contribution < -0.4 is 10.6 Å². The van der Waals surface area contributed by atoms with Gasteiger partial charge in [-0.25, -0.2) is 0 Å². The van der Waals surface area contributed by atoms with Crippen LogP contribution >= 0.6 is 0 Å². The van der Waals surface area contributed by atoms with E-state index in [0.717, 1.165) is 11.6 Å². The highest BCUT2D eigenvalue weighted by Gasteiger charge is 2.26. The smallest absolute Gasteiger partial charge is 0.0367 e. The number of anilines is 2. The van der Waals surface area contributed by atoms with E-state index in [9.17, 15) is 0 Å². The lowest BCUT2D eigenvalue weighted by Gasteiger charge is -2.39. The first-order valence-electron chi connectivity index (χ1n) is 6.80. The Kier molecular flexibility index (Phi) is 3.93. The van der Waals surface area contributed by atoms with Gasteiger partial charge in [-0.05, 0) is 43.0 Å². The zero-order valence-corrected chi connectivity index (χ0v) is 11.0. The minimum Gasteiger partial charge on any atom is -0.399 e. The van der Waals surface area contributed by atoms with Crippen LogP contribution in [-0.4, -0.2) is 13.1 Å². The molecule has 0 spiro atoms. The van der Waals surface area contributed by atoms with Gasteiger partial charge in [0.15, 0.2) is 0 Å². The summed E-state index contributed by atoms with van der Waals surface area (Å²) >= 11 is 0. The molecular weight excluding hydrogens is 208 g/mol. The fourth-order valence-corrected chi connectivity index (χ4v) is 3.08. The summed E-state index contributed by atoms with van der Waals surface area (Å²) in [5.74, 6) is 0.853. The molecular formula is C15H24N2. The van der Waals surface area contributed by atoms with E-state index >= 15 is 0 Å². The highest BCUT2D eigenvalue weighted by molar-refractivity contribution is 5.53. The summed E-state index contributed by atoms with van der Waals surface area (Å²) in [6.45, 7) is 2.32. The molecule has 17 heavy (non-hydrogen) atoms. The number of benzene rings is 1. The van der Waals surface area contributed by atoms with Crippen LogP contribution in [0, 0.1) is 5.92 Å². The Labute approximate surface area is 105 Å². The highest BCUT2D eigenvalue weighted by Crippen LogP contribution is 2.32. The van der Waals surface area contributed by atoms with Gasteiger partial charge in [0.05, 0.1) is 0 Å². The van der Waals surface area contributed by atoms with Crippen LogP contribution in [0.15, 0.2) is 24.3 Å². The minimum absolute atomic E-state index is 0.706. The van der Waals surface area contributed by atoms with Crippen molar-refractivity contribution in [2.75, 3.05) is 17.7 Å². The molecule has 1 aromatic rings. The number of hydrogen-bond donors (Lipinski definition) is 1. The zero-order valence-electron chi connectivity index (χ0n) is 11.0. The maximum atomic E-state index is 5.74. The van der Waals surface area contributed by atoms with Gasteiger partial charge in [0, 0.05) is 24.5 Å². The fourth-order valence-electron chi connectivity index (χ4n) is 3.08. The van der Waals surface area contributed by atoms with E-state index in [1.165, 1.54) is 37.8 Å². The van der Waals surface area contributed by atoms with E-state index in [1.807, 2.05) is 12.1 Å². The summed E-state index contributed by atoms with van der Waals surface area (Å²) in [7, 11) is 2.23. The molecule has 0 heterocycles. The van der Waals surface area contributed by atoms with Crippen LogP contribution in [0.5, 0.6) is 0 Å². The molecule has 1 aliphatic carbocycles. The summed E-state index contributed by atoms with van der Waals surface area (Å²) in [6, 6.07) is 8.97. The largest absolute Gasteiger partial charge is 0.399 e. The molecule has 0 aromatic heterocycles. The Hall–Kier alpha value is -1.18. The number of rotatable bonds is 3. The van der Waals surface area contributed by atoms with Crippen LogP contribution in [0.3, 0.4) is 0 Å². The number of hydrogen-bond acceptors (Lipinski definition) is 2. The summed E-state index contributed by atoms with van der Waals surface area (Å²) in [5.41, 5.74) is 7.88. The first-order chi connectivity index (χ1) is 8.22. The van der Waals surface area contributed by atoms with Crippen molar-refractivity contribution in [3.8, 4) is 0 Å². The summed E-state index contributed by atoms with van der Waals surface area (Å²) in [6.07, 6.45) is 6.80. The Balaban J connectivity index is 2.12. The van der Waals surface area contributed by atoms with Crippen molar-refractivity contribution < 1.29 is 0 Å². The molecule has 2 nitrogen and oxygen atoms in total.